The number of nitrogens with one attached hydrogen (secondary N) is 1. The maximum absolute atomic E-state index is 13.8. The highest BCUT2D eigenvalue weighted by Gasteiger charge is 2.11. The summed E-state index contributed by atoms with van der Waals surface area (Å²) < 4.78 is 36.0. The SMILES string of the molecule is Cc1cnccc1CNc1ccc(S(N)(=O)=O)cc1F. The molecule has 5 nitrogen and oxygen atoms in total. The molecular weight excluding hydrogens is 281 g/mol. The molecule has 1 aromatic carbocycles. The number of pyridine rings is 1. The fraction of sp³-hybridized carbons (Fsp3) is 0.154. The zero-order valence-electron chi connectivity index (χ0n) is 10.8. The number of hydrogen-bond acceptors (Lipinski definition) is 4. The summed E-state index contributed by atoms with van der Waals surface area (Å²) in [6, 6.07) is 5.35. The van der Waals surface area contributed by atoms with E-state index in [-0.39, 0.29) is 10.6 Å². The first-order valence-corrected chi connectivity index (χ1v) is 7.38. The van der Waals surface area contributed by atoms with E-state index >= 15 is 0 Å². The minimum atomic E-state index is -3.89. The van der Waals surface area contributed by atoms with Gasteiger partial charge in [-0.3, -0.25) is 4.98 Å². The van der Waals surface area contributed by atoms with E-state index in [1.807, 2.05) is 13.0 Å². The summed E-state index contributed by atoms with van der Waals surface area (Å²) in [5, 5.41) is 7.85. The fourth-order valence-corrected chi connectivity index (χ4v) is 2.23. The largest absolute Gasteiger partial charge is 0.379 e. The number of nitrogens with zero attached hydrogens (tertiary/aromatic N) is 1. The normalized spacial score (nSPS) is 11.3. The first kappa shape index (κ1) is 14.4. The van der Waals surface area contributed by atoms with Gasteiger partial charge < -0.3 is 5.32 Å². The number of anilines is 1. The van der Waals surface area contributed by atoms with Crippen LogP contribution in [0.1, 0.15) is 11.1 Å². The van der Waals surface area contributed by atoms with Crippen LogP contribution in [-0.2, 0) is 16.6 Å². The Morgan fingerprint density at radius 1 is 1.35 bits per heavy atom. The number of hydrogen-bond donors (Lipinski definition) is 2. The molecule has 0 amide bonds. The maximum Gasteiger partial charge on any atom is 0.238 e. The van der Waals surface area contributed by atoms with Gasteiger partial charge in [0.1, 0.15) is 5.82 Å². The van der Waals surface area contributed by atoms with Gasteiger partial charge in [-0.1, -0.05) is 0 Å². The molecule has 0 saturated heterocycles. The van der Waals surface area contributed by atoms with Crippen LogP contribution in [0.25, 0.3) is 0 Å². The van der Waals surface area contributed by atoms with Crippen molar-refractivity contribution in [3.05, 3.63) is 53.6 Å². The second-order valence-corrected chi connectivity index (χ2v) is 5.90. The summed E-state index contributed by atoms with van der Waals surface area (Å²) in [4.78, 5) is 3.72. The smallest absolute Gasteiger partial charge is 0.238 e. The van der Waals surface area contributed by atoms with Gasteiger partial charge in [0, 0.05) is 18.9 Å². The topological polar surface area (TPSA) is 85.1 Å². The van der Waals surface area contributed by atoms with Crippen LogP contribution in [0.15, 0.2) is 41.6 Å². The molecule has 0 aliphatic carbocycles. The van der Waals surface area contributed by atoms with Crippen LogP contribution < -0.4 is 10.5 Å². The molecule has 0 fully saturated rings. The molecule has 106 valence electrons. The number of primary sulfonamides is 1. The Kier molecular flexibility index (Phi) is 4.01. The monoisotopic (exact) mass is 295 g/mol. The standard InChI is InChI=1S/C13H14FN3O2S/c1-9-7-16-5-4-10(9)8-17-13-3-2-11(6-12(13)14)20(15,18)19/h2-7,17H,8H2,1H3,(H2,15,18,19). The molecule has 1 heterocycles. The average Bonchev–Trinajstić information content (AvgIpc) is 2.38. The number of halogens is 1. The Morgan fingerprint density at radius 2 is 2.10 bits per heavy atom. The van der Waals surface area contributed by atoms with Crippen LogP contribution in [0.3, 0.4) is 0 Å². The third-order valence-electron chi connectivity index (χ3n) is 2.87. The van der Waals surface area contributed by atoms with Crippen molar-refractivity contribution in [3.8, 4) is 0 Å². The average molecular weight is 295 g/mol. The van der Waals surface area contributed by atoms with Crippen molar-refractivity contribution in [3.63, 3.8) is 0 Å². The van der Waals surface area contributed by atoms with E-state index in [0.717, 1.165) is 17.2 Å². The number of aromatic nitrogens is 1. The van der Waals surface area contributed by atoms with Crippen molar-refractivity contribution >= 4 is 15.7 Å². The van der Waals surface area contributed by atoms with Gasteiger partial charge in [0.05, 0.1) is 10.6 Å². The van der Waals surface area contributed by atoms with E-state index in [9.17, 15) is 12.8 Å². The van der Waals surface area contributed by atoms with Gasteiger partial charge in [0.15, 0.2) is 0 Å². The first-order chi connectivity index (χ1) is 9.38. The minimum Gasteiger partial charge on any atom is -0.379 e. The van der Waals surface area contributed by atoms with Crippen molar-refractivity contribution in [2.75, 3.05) is 5.32 Å². The van der Waals surface area contributed by atoms with Crippen LogP contribution >= 0.6 is 0 Å². The highest BCUT2D eigenvalue weighted by atomic mass is 32.2. The first-order valence-electron chi connectivity index (χ1n) is 5.83. The van der Waals surface area contributed by atoms with Crippen molar-refractivity contribution in [2.24, 2.45) is 5.14 Å². The van der Waals surface area contributed by atoms with Crippen LogP contribution in [-0.4, -0.2) is 13.4 Å². The second-order valence-electron chi connectivity index (χ2n) is 4.34. The molecule has 0 radical (unpaired) electrons. The number of benzene rings is 1. The predicted molar refractivity (Wildman–Crippen MR) is 74.1 cm³/mol. The summed E-state index contributed by atoms with van der Waals surface area (Å²) >= 11 is 0. The summed E-state index contributed by atoms with van der Waals surface area (Å²) in [7, 11) is -3.89. The molecular formula is C13H14FN3O2S. The zero-order valence-corrected chi connectivity index (χ0v) is 11.6. The summed E-state index contributed by atoms with van der Waals surface area (Å²) in [5.74, 6) is -0.664. The van der Waals surface area contributed by atoms with Gasteiger partial charge >= 0.3 is 0 Å². The van der Waals surface area contributed by atoms with Crippen LogP contribution in [0.5, 0.6) is 0 Å². The van der Waals surface area contributed by atoms with Crippen LogP contribution in [0, 0.1) is 12.7 Å². The van der Waals surface area contributed by atoms with Gasteiger partial charge in [0.2, 0.25) is 10.0 Å². The van der Waals surface area contributed by atoms with E-state index in [4.69, 9.17) is 5.14 Å². The molecule has 2 rings (SSSR count). The molecule has 0 saturated carbocycles. The minimum absolute atomic E-state index is 0.216. The molecule has 2 aromatic rings. The maximum atomic E-state index is 13.8. The lowest BCUT2D eigenvalue weighted by atomic mass is 10.1. The number of sulfonamides is 1. The lowest BCUT2D eigenvalue weighted by Gasteiger charge is -2.10. The molecule has 0 bridgehead atoms. The molecule has 1 aromatic heterocycles. The lowest BCUT2D eigenvalue weighted by Crippen LogP contribution is -2.13. The van der Waals surface area contributed by atoms with Gasteiger partial charge in [-0.05, 0) is 42.3 Å². The molecule has 20 heavy (non-hydrogen) atoms. The Labute approximate surface area is 116 Å². The van der Waals surface area contributed by atoms with E-state index in [1.54, 1.807) is 12.4 Å². The van der Waals surface area contributed by atoms with Gasteiger partial charge in [0.25, 0.3) is 0 Å². The van der Waals surface area contributed by atoms with Crippen LogP contribution in [0.2, 0.25) is 0 Å². The molecule has 0 spiro atoms. The molecule has 0 unspecified atom stereocenters. The Balaban J connectivity index is 2.17. The third-order valence-corrected chi connectivity index (χ3v) is 3.79. The molecule has 0 aliphatic rings. The van der Waals surface area contributed by atoms with Crippen molar-refractivity contribution in [2.45, 2.75) is 18.4 Å². The van der Waals surface area contributed by atoms with Crippen LogP contribution in [0.4, 0.5) is 10.1 Å². The van der Waals surface area contributed by atoms with Crippen molar-refractivity contribution in [1.29, 1.82) is 0 Å². The van der Waals surface area contributed by atoms with E-state index in [0.29, 0.717) is 6.54 Å². The Bertz CT molecular complexity index is 732. The Morgan fingerprint density at radius 3 is 2.70 bits per heavy atom. The summed E-state index contributed by atoms with van der Waals surface area (Å²) in [6.45, 7) is 2.32. The highest BCUT2D eigenvalue weighted by molar-refractivity contribution is 7.89. The fourth-order valence-electron chi connectivity index (χ4n) is 1.71. The lowest BCUT2D eigenvalue weighted by molar-refractivity contribution is 0.593. The summed E-state index contributed by atoms with van der Waals surface area (Å²) in [6.07, 6.45) is 3.38. The second kappa shape index (κ2) is 5.56. The molecule has 7 heteroatoms. The molecule has 3 N–H and O–H groups in total. The van der Waals surface area contributed by atoms with Crippen molar-refractivity contribution < 1.29 is 12.8 Å². The van der Waals surface area contributed by atoms with Crippen molar-refractivity contribution in [1.82, 2.24) is 4.98 Å². The van der Waals surface area contributed by atoms with Gasteiger partial charge in [-0.15, -0.1) is 0 Å². The van der Waals surface area contributed by atoms with E-state index in [1.165, 1.54) is 12.1 Å². The molecule has 0 atom stereocenters. The van der Waals surface area contributed by atoms with E-state index < -0.39 is 15.8 Å². The number of aryl methyl sites for hydroxylation is 1. The third kappa shape index (κ3) is 3.31. The van der Waals surface area contributed by atoms with Gasteiger partial charge in [-0.25, -0.2) is 17.9 Å². The zero-order chi connectivity index (χ0) is 14.8. The van der Waals surface area contributed by atoms with E-state index in [2.05, 4.69) is 10.3 Å². The predicted octanol–water partition coefficient (Wildman–Crippen LogP) is 1.79. The number of nitrogens with two attached hydrogens (primary N) is 1. The highest BCUT2D eigenvalue weighted by Crippen LogP contribution is 2.19. The van der Waals surface area contributed by atoms with Gasteiger partial charge in [-0.2, -0.15) is 0 Å². The Hall–Kier alpha value is -1.99. The quantitative estimate of drug-likeness (QED) is 0.900. The molecule has 0 aliphatic heterocycles. The summed E-state index contributed by atoms with van der Waals surface area (Å²) in [5.41, 5.74) is 2.19. The number of rotatable bonds is 4.